The molecule has 2 amide bonds. The second kappa shape index (κ2) is 7.20. The zero-order valence-electron chi connectivity index (χ0n) is 10.8. The van der Waals surface area contributed by atoms with E-state index in [1.165, 1.54) is 4.90 Å². The molecular weight excluding hydrogens is 236 g/mol. The monoisotopic (exact) mass is 258 g/mol. The summed E-state index contributed by atoms with van der Waals surface area (Å²) in [5, 5.41) is 21.1. The van der Waals surface area contributed by atoms with E-state index >= 15 is 0 Å². The van der Waals surface area contributed by atoms with Crippen LogP contribution < -0.4 is 5.32 Å². The standard InChI is InChI=1S/C12H22N2O4/c1-2-3-4-5-6-13-12(18)14-8-9(15)7-10(14)11(16)17/h9-10,15H,2-8H2,1H3,(H,13,18)(H,16,17)/t9-,10+/m1/s1. The number of nitrogens with zero attached hydrogens (tertiary/aromatic N) is 1. The van der Waals surface area contributed by atoms with Crippen molar-refractivity contribution in [2.75, 3.05) is 13.1 Å². The van der Waals surface area contributed by atoms with E-state index in [1.807, 2.05) is 0 Å². The third kappa shape index (κ3) is 4.18. The van der Waals surface area contributed by atoms with Gasteiger partial charge in [0.2, 0.25) is 0 Å². The smallest absolute Gasteiger partial charge is 0.326 e. The van der Waals surface area contributed by atoms with Crippen LogP contribution in [0.2, 0.25) is 0 Å². The Bertz CT molecular complexity index is 296. The Morgan fingerprint density at radius 2 is 2.06 bits per heavy atom. The van der Waals surface area contributed by atoms with Crippen molar-refractivity contribution in [1.29, 1.82) is 0 Å². The van der Waals surface area contributed by atoms with Gasteiger partial charge < -0.3 is 20.4 Å². The number of β-amino-alcohol motifs (C(OH)–C–C–N with tert-alkyl or cyclic N) is 1. The number of amides is 2. The van der Waals surface area contributed by atoms with E-state index in [0.29, 0.717) is 6.54 Å². The summed E-state index contributed by atoms with van der Waals surface area (Å²) in [5.41, 5.74) is 0. The Morgan fingerprint density at radius 1 is 1.33 bits per heavy atom. The quantitative estimate of drug-likeness (QED) is 0.615. The number of carbonyl (C=O) groups excluding carboxylic acids is 1. The van der Waals surface area contributed by atoms with Gasteiger partial charge in [-0.15, -0.1) is 0 Å². The highest BCUT2D eigenvalue weighted by Crippen LogP contribution is 2.18. The Hall–Kier alpha value is -1.30. The maximum Gasteiger partial charge on any atom is 0.326 e. The second-order valence-electron chi connectivity index (χ2n) is 4.69. The van der Waals surface area contributed by atoms with Crippen LogP contribution in [0.5, 0.6) is 0 Å². The lowest BCUT2D eigenvalue weighted by Gasteiger charge is -2.21. The molecule has 1 aliphatic heterocycles. The van der Waals surface area contributed by atoms with Crippen LogP contribution in [0.1, 0.15) is 39.0 Å². The van der Waals surface area contributed by atoms with Crippen LogP contribution in [0.25, 0.3) is 0 Å². The number of urea groups is 1. The lowest BCUT2D eigenvalue weighted by molar-refractivity contribution is -0.141. The molecular formula is C12H22N2O4. The van der Waals surface area contributed by atoms with Gasteiger partial charge in [0.25, 0.3) is 0 Å². The number of unbranched alkanes of at least 4 members (excludes halogenated alkanes) is 3. The van der Waals surface area contributed by atoms with Crippen LogP contribution in [0.4, 0.5) is 4.79 Å². The molecule has 104 valence electrons. The first-order chi connectivity index (χ1) is 8.56. The lowest BCUT2D eigenvalue weighted by atomic mass is 10.2. The fraction of sp³-hybridized carbons (Fsp3) is 0.833. The van der Waals surface area contributed by atoms with Crippen LogP contribution in [-0.2, 0) is 4.79 Å². The zero-order chi connectivity index (χ0) is 13.5. The molecule has 0 aromatic heterocycles. The van der Waals surface area contributed by atoms with Crippen LogP contribution in [0.15, 0.2) is 0 Å². The number of aliphatic carboxylic acids is 1. The average molecular weight is 258 g/mol. The van der Waals surface area contributed by atoms with E-state index in [2.05, 4.69) is 12.2 Å². The Morgan fingerprint density at radius 3 is 2.67 bits per heavy atom. The van der Waals surface area contributed by atoms with Crippen molar-refractivity contribution in [3.05, 3.63) is 0 Å². The summed E-state index contributed by atoms with van der Waals surface area (Å²) in [6.45, 7) is 2.76. The Balaban J connectivity index is 2.33. The second-order valence-corrected chi connectivity index (χ2v) is 4.69. The molecule has 3 N–H and O–H groups in total. The minimum Gasteiger partial charge on any atom is -0.480 e. The summed E-state index contributed by atoms with van der Waals surface area (Å²) in [6.07, 6.45) is 3.59. The lowest BCUT2D eigenvalue weighted by Crippen LogP contribution is -2.46. The topological polar surface area (TPSA) is 89.9 Å². The molecule has 1 saturated heterocycles. The average Bonchev–Trinajstić information content (AvgIpc) is 2.71. The molecule has 2 atom stereocenters. The van der Waals surface area contributed by atoms with E-state index in [9.17, 15) is 14.7 Å². The van der Waals surface area contributed by atoms with E-state index in [1.54, 1.807) is 0 Å². The van der Waals surface area contributed by atoms with Crippen molar-refractivity contribution in [2.24, 2.45) is 0 Å². The molecule has 1 rings (SSSR count). The van der Waals surface area contributed by atoms with Crippen molar-refractivity contribution in [2.45, 2.75) is 51.2 Å². The molecule has 0 radical (unpaired) electrons. The summed E-state index contributed by atoms with van der Waals surface area (Å²) in [6, 6.07) is -1.30. The highest BCUT2D eigenvalue weighted by molar-refractivity contribution is 5.83. The first-order valence-electron chi connectivity index (χ1n) is 6.51. The van der Waals surface area contributed by atoms with Crippen molar-refractivity contribution < 1.29 is 19.8 Å². The molecule has 1 heterocycles. The first-order valence-corrected chi connectivity index (χ1v) is 6.51. The number of carbonyl (C=O) groups is 2. The SMILES string of the molecule is CCCCCCNC(=O)N1C[C@H](O)C[C@H]1C(=O)O. The molecule has 6 heteroatoms. The predicted octanol–water partition coefficient (Wildman–Crippen LogP) is 0.796. The van der Waals surface area contributed by atoms with Gasteiger partial charge in [0, 0.05) is 19.5 Å². The number of nitrogens with one attached hydrogen (secondary N) is 1. The van der Waals surface area contributed by atoms with Crippen LogP contribution in [0.3, 0.4) is 0 Å². The molecule has 6 nitrogen and oxygen atoms in total. The first kappa shape index (κ1) is 14.8. The minimum atomic E-state index is -1.06. The fourth-order valence-electron chi connectivity index (χ4n) is 2.12. The zero-order valence-corrected chi connectivity index (χ0v) is 10.8. The van der Waals surface area contributed by atoms with E-state index in [4.69, 9.17) is 5.11 Å². The molecule has 0 spiro atoms. The van der Waals surface area contributed by atoms with Crippen molar-refractivity contribution in [1.82, 2.24) is 10.2 Å². The predicted molar refractivity (Wildman–Crippen MR) is 66.3 cm³/mol. The molecule has 1 fully saturated rings. The van der Waals surface area contributed by atoms with Gasteiger partial charge in [-0.25, -0.2) is 9.59 Å². The largest absolute Gasteiger partial charge is 0.480 e. The van der Waals surface area contributed by atoms with Crippen LogP contribution >= 0.6 is 0 Å². The number of aliphatic hydroxyl groups is 1. The van der Waals surface area contributed by atoms with Gasteiger partial charge in [-0.2, -0.15) is 0 Å². The van der Waals surface area contributed by atoms with Gasteiger partial charge >= 0.3 is 12.0 Å². The molecule has 0 saturated carbocycles. The van der Waals surface area contributed by atoms with E-state index < -0.39 is 24.1 Å². The minimum absolute atomic E-state index is 0.0950. The summed E-state index contributed by atoms with van der Waals surface area (Å²) >= 11 is 0. The van der Waals surface area contributed by atoms with Gasteiger partial charge in [-0.3, -0.25) is 0 Å². The Labute approximate surface area is 107 Å². The highest BCUT2D eigenvalue weighted by Gasteiger charge is 2.38. The summed E-state index contributed by atoms with van der Waals surface area (Å²) < 4.78 is 0. The summed E-state index contributed by atoms with van der Waals surface area (Å²) in [5.74, 6) is -1.06. The maximum atomic E-state index is 11.8. The molecule has 0 unspecified atom stereocenters. The van der Waals surface area contributed by atoms with Crippen molar-refractivity contribution in [3.63, 3.8) is 0 Å². The number of likely N-dealkylation sites (tertiary alicyclic amines) is 1. The maximum absolute atomic E-state index is 11.8. The summed E-state index contributed by atoms with van der Waals surface area (Å²) in [4.78, 5) is 23.9. The van der Waals surface area contributed by atoms with Gasteiger partial charge in [-0.1, -0.05) is 26.2 Å². The highest BCUT2D eigenvalue weighted by atomic mass is 16.4. The normalized spacial score (nSPS) is 23.1. The number of carboxylic acid groups (broad SMARTS) is 1. The van der Waals surface area contributed by atoms with Crippen molar-refractivity contribution >= 4 is 12.0 Å². The molecule has 0 aromatic carbocycles. The Kier molecular flexibility index (Phi) is 5.91. The number of carboxylic acids is 1. The third-order valence-corrected chi connectivity index (χ3v) is 3.13. The number of aliphatic hydroxyl groups excluding tert-OH is 1. The van der Waals surface area contributed by atoms with Gasteiger partial charge in [0.05, 0.1) is 6.10 Å². The van der Waals surface area contributed by atoms with Gasteiger partial charge in [-0.05, 0) is 6.42 Å². The van der Waals surface area contributed by atoms with Crippen LogP contribution in [-0.4, -0.2) is 52.3 Å². The number of rotatable bonds is 6. The number of hydrogen-bond acceptors (Lipinski definition) is 3. The molecule has 1 aliphatic rings. The number of hydrogen-bond donors (Lipinski definition) is 3. The molecule has 0 aromatic rings. The molecule has 0 aliphatic carbocycles. The van der Waals surface area contributed by atoms with Gasteiger partial charge in [0.1, 0.15) is 6.04 Å². The van der Waals surface area contributed by atoms with E-state index in [-0.39, 0.29) is 13.0 Å². The van der Waals surface area contributed by atoms with E-state index in [0.717, 1.165) is 25.7 Å². The third-order valence-electron chi connectivity index (χ3n) is 3.13. The molecule has 18 heavy (non-hydrogen) atoms. The molecule has 0 bridgehead atoms. The summed E-state index contributed by atoms with van der Waals surface area (Å²) in [7, 11) is 0. The van der Waals surface area contributed by atoms with Crippen LogP contribution in [0, 0.1) is 0 Å². The van der Waals surface area contributed by atoms with Gasteiger partial charge in [0.15, 0.2) is 0 Å². The van der Waals surface area contributed by atoms with Crippen molar-refractivity contribution in [3.8, 4) is 0 Å². The fourth-order valence-corrected chi connectivity index (χ4v) is 2.12.